The summed E-state index contributed by atoms with van der Waals surface area (Å²) in [5.74, 6) is -1.45. The number of ether oxygens (including phenoxy) is 2. The molecule has 0 aliphatic rings. The van der Waals surface area contributed by atoms with Crippen molar-refractivity contribution < 1.29 is 33.4 Å². The highest BCUT2D eigenvalue weighted by molar-refractivity contribution is 5.89. The van der Waals surface area contributed by atoms with E-state index in [0.29, 0.717) is 12.0 Å². The van der Waals surface area contributed by atoms with Gasteiger partial charge in [-0.05, 0) is 44.9 Å². The molecule has 0 heterocycles. The second kappa shape index (κ2) is 11.4. The van der Waals surface area contributed by atoms with Gasteiger partial charge in [-0.3, -0.25) is 4.79 Å². The molecular weight excluding hydrogens is 369 g/mol. The molecule has 1 amide bonds. The van der Waals surface area contributed by atoms with Crippen molar-refractivity contribution >= 4 is 17.8 Å². The number of benzene rings is 1. The SMILES string of the molecule is CC(C)(C)OC(=O)NC(CC(=O)CCc1cccc(F)c1)C(=O)OCCCO. The van der Waals surface area contributed by atoms with Gasteiger partial charge >= 0.3 is 12.1 Å². The fraction of sp³-hybridized carbons (Fsp3) is 0.550. The van der Waals surface area contributed by atoms with Gasteiger partial charge in [-0.15, -0.1) is 0 Å². The van der Waals surface area contributed by atoms with Gasteiger partial charge in [0, 0.05) is 25.9 Å². The Morgan fingerprint density at radius 2 is 1.96 bits per heavy atom. The van der Waals surface area contributed by atoms with Crippen LogP contribution in [0.3, 0.4) is 0 Å². The monoisotopic (exact) mass is 397 g/mol. The second-order valence-electron chi connectivity index (χ2n) is 7.32. The van der Waals surface area contributed by atoms with Crippen LogP contribution in [0.1, 0.15) is 45.6 Å². The Hall–Kier alpha value is -2.48. The first kappa shape index (κ1) is 23.6. The average Bonchev–Trinajstić information content (AvgIpc) is 2.58. The summed E-state index contributed by atoms with van der Waals surface area (Å²) in [5, 5.41) is 11.1. The number of carbonyl (C=O) groups is 3. The third-order valence-corrected chi connectivity index (χ3v) is 3.54. The van der Waals surface area contributed by atoms with E-state index in [1.165, 1.54) is 12.1 Å². The summed E-state index contributed by atoms with van der Waals surface area (Å²) >= 11 is 0. The zero-order valence-electron chi connectivity index (χ0n) is 16.5. The summed E-state index contributed by atoms with van der Waals surface area (Å²) in [5.41, 5.74) is -0.105. The van der Waals surface area contributed by atoms with E-state index in [0.717, 1.165) is 0 Å². The van der Waals surface area contributed by atoms with Gasteiger partial charge in [-0.1, -0.05) is 12.1 Å². The number of Topliss-reactive ketones (excluding diaryl/α,β-unsaturated/α-hetero) is 1. The first-order valence-electron chi connectivity index (χ1n) is 9.14. The molecule has 0 bridgehead atoms. The first-order chi connectivity index (χ1) is 13.1. The van der Waals surface area contributed by atoms with Gasteiger partial charge in [0.05, 0.1) is 6.61 Å². The van der Waals surface area contributed by atoms with Crippen molar-refractivity contribution in [3.8, 4) is 0 Å². The van der Waals surface area contributed by atoms with Crippen LogP contribution in [0.15, 0.2) is 24.3 Å². The van der Waals surface area contributed by atoms with Gasteiger partial charge in [0.2, 0.25) is 0 Å². The maximum Gasteiger partial charge on any atom is 0.408 e. The topological polar surface area (TPSA) is 102 Å². The average molecular weight is 397 g/mol. The second-order valence-corrected chi connectivity index (χ2v) is 7.32. The molecule has 28 heavy (non-hydrogen) atoms. The smallest absolute Gasteiger partial charge is 0.408 e. The number of alkyl carbamates (subject to hydrolysis) is 1. The highest BCUT2D eigenvalue weighted by Crippen LogP contribution is 2.11. The van der Waals surface area contributed by atoms with Crippen LogP contribution >= 0.6 is 0 Å². The molecule has 0 spiro atoms. The van der Waals surface area contributed by atoms with E-state index >= 15 is 0 Å². The van der Waals surface area contributed by atoms with Crippen molar-refractivity contribution in [2.75, 3.05) is 13.2 Å². The number of aliphatic hydroxyl groups excluding tert-OH is 1. The number of esters is 1. The molecule has 1 unspecified atom stereocenters. The normalized spacial score (nSPS) is 12.2. The summed E-state index contributed by atoms with van der Waals surface area (Å²) < 4.78 is 23.3. The van der Waals surface area contributed by atoms with E-state index in [1.54, 1.807) is 32.9 Å². The molecule has 0 saturated carbocycles. The maximum atomic E-state index is 13.2. The molecule has 0 aliphatic heterocycles. The minimum absolute atomic E-state index is 0.0285. The standard InChI is InChI=1S/C20H28FNO6/c1-20(2,3)28-19(26)22-17(18(25)27-11-5-10-23)13-16(24)9-8-14-6-4-7-15(21)12-14/h4,6-7,12,17,23H,5,8-11,13H2,1-3H3,(H,22,26). The van der Waals surface area contributed by atoms with Crippen molar-refractivity contribution in [3.05, 3.63) is 35.6 Å². The van der Waals surface area contributed by atoms with Crippen LogP contribution in [0.2, 0.25) is 0 Å². The van der Waals surface area contributed by atoms with Crippen molar-refractivity contribution in [3.63, 3.8) is 0 Å². The van der Waals surface area contributed by atoms with Crippen LogP contribution in [0.25, 0.3) is 0 Å². The van der Waals surface area contributed by atoms with Crippen LogP contribution in [0, 0.1) is 5.82 Å². The van der Waals surface area contributed by atoms with E-state index in [1.807, 2.05) is 0 Å². The van der Waals surface area contributed by atoms with E-state index in [4.69, 9.17) is 14.6 Å². The molecule has 8 heteroatoms. The molecule has 0 saturated heterocycles. The number of halogens is 1. The quantitative estimate of drug-likeness (QED) is 0.465. The Morgan fingerprint density at radius 1 is 1.25 bits per heavy atom. The molecule has 1 rings (SSSR count). The lowest BCUT2D eigenvalue weighted by molar-refractivity contribution is -0.147. The zero-order chi connectivity index (χ0) is 21.2. The highest BCUT2D eigenvalue weighted by atomic mass is 19.1. The number of hydrogen-bond donors (Lipinski definition) is 2. The molecule has 1 aromatic rings. The van der Waals surface area contributed by atoms with Crippen molar-refractivity contribution in [1.29, 1.82) is 0 Å². The van der Waals surface area contributed by atoms with Gasteiger partial charge in [0.1, 0.15) is 23.2 Å². The molecule has 7 nitrogen and oxygen atoms in total. The number of aryl methyl sites for hydroxylation is 1. The van der Waals surface area contributed by atoms with Gasteiger partial charge in [0.25, 0.3) is 0 Å². The Morgan fingerprint density at radius 3 is 2.57 bits per heavy atom. The fourth-order valence-corrected chi connectivity index (χ4v) is 2.29. The van der Waals surface area contributed by atoms with E-state index in [2.05, 4.69) is 5.32 Å². The van der Waals surface area contributed by atoms with E-state index in [-0.39, 0.29) is 44.1 Å². The largest absolute Gasteiger partial charge is 0.464 e. The minimum atomic E-state index is -1.20. The van der Waals surface area contributed by atoms with Crippen molar-refractivity contribution in [2.24, 2.45) is 0 Å². The summed E-state index contributed by atoms with van der Waals surface area (Å²) in [6.45, 7) is 4.84. The minimum Gasteiger partial charge on any atom is -0.464 e. The number of nitrogens with one attached hydrogen (secondary N) is 1. The van der Waals surface area contributed by atoms with E-state index < -0.39 is 23.7 Å². The summed E-state index contributed by atoms with van der Waals surface area (Å²) in [6.07, 6.45) is -0.463. The van der Waals surface area contributed by atoms with Crippen molar-refractivity contribution in [1.82, 2.24) is 5.32 Å². The maximum absolute atomic E-state index is 13.2. The molecule has 0 aromatic heterocycles. The third-order valence-electron chi connectivity index (χ3n) is 3.54. The molecule has 0 aliphatic carbocycles. The molecule has 1 aromatic carbocycles. The van der Waals surface area contributed by atoms with Gasteiger partial charge in [-0.2, -0.15) is 0 Å². The predicted molar refractivity (Wildman–Crippen MR) is 100 cm³/mol. The lowest BCUT2D eigenvalue weighted by Gasteiger charge is -2.22. The predicted octanol–water partition coefficient (Wildman–Crippen LogP) is 2.54. The van der Waals surface area contributed by atoms with Crippen molar-refractivity contribution in [2.45, 2.75) is 58.1 Å². The number of ketones is 1. The van der Waals surface area contributed by atoms with Crippen LogP contribution in [0.4, 0.5) is 9.18 Å². The Bertz CT molecular complexity index is 671. The van der Waals surface area contributed by atoms with Crippen LogP contribution in [-0.4, -0.2) is 47.8 Å². The zero-order valence-corrected chi connectivity index (χ0v) is 16.5. The lowest BCUT2D eigenvalue weighted by Crippen LogP contribution is -2.45. The molecule has 2 N–H and O–H groups in total. The first-order valence-corrected chi connectivity index (χ1v) is 9.14. The molecular formula is C20H28FNO6. The summed E-state index contributed by atoms with van der Waals surface area (Å²) in [6, 6.07) is 4.71. The third kappa shape index (κ3) is 10.0. The van der Waals surface area contributed by atoms with Gasteiger partial charge in [-0.25, -0.2) is 14.0 Å². The Kier molecular flexibility index (Phi) is 9.58. The van der Waals surface area contributed by atoms with Gasteiger partial charge in [0.15, 0.2) is 0 Å². The molecule has 0 fully saturated rings. The molecule has 156 valence electrons. The summed E-state index contributed by atoms with van der Waals surface area (Å²) in [7, 11) is 0. The fourth-order valence-electron chi connectivity index (χ4n) is 2.29. The molecule has 0 radical (unpaired) electrons. The number of aliphatic hydroxyl groups is 1. The molecule has 1 atom stereocenters. The van der Waals surface area contributed by atoms with Crippen LogP contribution < -0.4 is 5.32 Å². The Balaban J connectivity index is 2.67. The number of hydrogen-bond acceptors (Lipinski definition) is 6. The van der Waals surface area contributed by atoms with Crippen LogP contribution in [0.5, 0.6) is 0 Å². The van der Waals surface area contributed by atoms with Crippen LogP contribution in [-0.2, 0) is 25.5 Å². The summed E-state index contributed by atoms with van der Waals surface area (Å²) in [4.78, 5) is 36.4. The Labute approximate surface area is 164 Å². The van der Waals surface area contributed by atoms with E-state index in [9.17, 15) is 18.8 Å². The number of amides is 1. The van der Waals surface area contributed by atoms with Gasteiger partial charge < -0.3 is 19.9 Å². The highest BCUT2D eigenvalue weighted by Gasteiger charge is 2.27. The number of rotatable bonds is 10. The lowest BCUT2D eigenvalue weighted by atomic mass is 10.0. The number of carbonyl (C=O) groups excluding carboxylic acids is 3.